The lowest BCUT2D eigenvalue weighted by Gasteiger charge is -2.33. The predicted octanol–water partition coefficient (Wildman–Crippen LogP) is 4.21. The van der Waals surface area contributed by atoms with E-state index in [9.17, 15) is 4.79 Å². The SMILES string of the molecule is O=C1CCCN1CCOCC1CCN(c2ncnc3scc(-c4ccccc4)c23)CC1. The molecule has 0 unspecified atom stereocenters. The monoisotopic (exact) mass is 436 g/mol. The van der Waals surface area contributed by atoms with Gasteiger partial charge in [-0.15, -0.1) is 11.3 Å². The summed E-state index contributed by atoms with van der Waals surface area (Å²) < 4.78 is 5.92. The third kappa shape index (κ3) is 4.43. The van der Waals surface area contributed by atoms with Gasteiger partial charge in [0.15, 0.2) is 0 Å². The molecule has 2 aliphatic rings. The third-order valence-electron chi connectivity index (χ3n) is 6.38. The number of hydrogen-bond acceptors (Lipinski definition) is 6. The Balaban J connectivity index is 1.20. The molecule has 162 valence electrons. The molecule has 0 radical (unpaired) electrons. The summed E-state index contributed by atoms with van der Waals surface area (Å²) in [6.07, 6.45) is 5.57. The Morgan fingerprint density at radius 3 is 2.71 bits per heavy atom. The highest BCUT2D eigenvalue weighted by Gasteiger charge is 2.24. The van der Waals surface area contributed by atoms with Crippen LogP contribution in [-0.4, -0.2) is 60.2 Å². The molecule has 1 aromatic carbocycles. The molecule has 3 aromatic rings. The molecule has 0 saturated carbocycles. The van der Waals surface area contributed by atoms with Crippen LogP contribution in [0.5, 0.6) is 0 Å². The van der Waals surface area contributed by atoms with Crippen molar-refractivity contribution in [3.05, 3.63) is 42.0 Å². The van der Waals surface area contributed by atoms with Gasteiger partial charge in [-0.1, -0.05) is 30.3 Å². The molecule has 2 aromatic heterocycles. The van der Waals surface area contributed by atoms with Crippen molar-refractivity contribution in [1.29, 1.82) is 0 Å². The Hall–Kier alpha value is -2.51. The van der Waals surface area contributed by atoms with E-state index in [2.05, 4.69) is 39.5 Å². The molecule has 2 fully saturated rings. The van der Waals surface area contributed by atoms with E-state index in [-0.39, 0.29) is 5.91 Å². The lowest BCUT2D eigenvalue weighted by Crippen LogP contribution is -2.36. The van der Waals surface area contributed by atoms with E-state index in [0.717, 1.165) is 62.7 Å². The molecular formula is C24H28N4O2S. The summed E-state index contributed by atoms with van der Waals surface area (Å²) in [5, 5.41) is 3.37. The smallest absolute Gasteiger partial charge is 0.222 e. The van der Waals surface area contributed by atoms with Crippen molar-refractivity contribution in [3.8, 4) is 11.1 Å². The van der Waals surface area contributed by atoms with Gasteiger partial charge < -0.3 is 14.5 Å². The van der Waals surface area contributed by atoms with Gasteiger partial charge in [-0.3, -0.25) is 4.79 Å². The van der Waals surface area contributed by atoms with Crippen LogP contribution in [0.1, 0.15) is 25.7 Å². The quantitative estimate of drug-likeness (QED) is 0.519. The minimum Gasteiger partial charge on any atom is -0.379 e. The first kappa shape index (κ1) is 20.4. The molecule has 2 saturated heterocycles. The lowest BCUT2D eigenvalue weighted by atomic mass is 9.97. The highest BCUT2D eigenvalue weighted by Crippen LogP contribution is 2.38. The molecule has 31 heavy (non-hydrogen) atoms. The first-order chi connectivity index (χ1) is 15.3. The minimum absolute atomic E-state index is 0.274. The van der Waals surface area contributed by atoms with Gasteiger partial charge in [0.05, 0.1) is 12.0 Å². The molecule has 7 heteroatoms. The van der Waals surface area contributed by atoms with Crippen LogP contribution in [0, 0.1) is 5.92 Å². The molecule has 0 aliphatic carbocycles. The van der Waals surface area contributed by atoms with E-state index < -0.39 is 0 Å². The number of nitrogens with zero attached hydrogens (tertiary/aromatic N) is 4. The molecule has 0 bridgehead atoms. The molecular weight excluding hydrogens is 408 g/mol. The number of hydrogen-bond donors (Lipinski definition) is 0. The number of anilines is 1. The van der Waals surface area contributed by atoms with Crippen LogP contribution in [0.15, 0.2) is 42.0 Å². The summed E-state index contributed by atoms with van der Waals surface area (Å²) in [4.78, 5) is 26.3. The van der Waals surface area contributed by atoms with E-state index >= 15 is 0 Å². The Kier molecular flexibility index (Phi) is 6.13. The number of aromatic nitrogens is 2. The van der Waals surface area contributed by atoms with Crippen LogP contribution in [0.2, 0.25) is 0 Å². The van der Waals surface area contributed by atoms with Gasteiger partial charge in [-0.25, -0.2) is 9.97 Å². The number of fused-ring (bicyclic) bond motifs is 1. The summed E-state index contributed by atoms with van der Waals surface area (Å²) in [5.41, 5.74) is 2.43. The Morgan fingerprint density at radius 2 is 1.94 bits per heavy atom. The summed E-state index contributed by atoms with van der Waals surface area (Å²) in [6, 6.07) is 10.5. The topological polar surface area (TPSA) is 58.6 Å². The van der Waals surface area contributed by atoms with Gasteiger partial charge >= 0.3 is 0 Å². The molecule has 0 spiro atoms. The van der Waals surface area contributed by atoms with Crippen LogP contribution in [0.4, 0.5) is 5.82 Å². The van der Waals surface area contributed by atoms with Gasteiger partial charge in [0.25, 0.3) is 0 Å². The maximum absolute atomic E-state index is 11.7. The van der Waals surface area contributed by atoms with Gasteiger partial charge in [-0.05, 0) is 30.7 Å². The molecule has 0 atom stereocenters. The summed E-state index contributed by atoms with van der Waals surface area (Å²) >= 11 is 1.69. The Morgan fingerprint density at radius 1 is 1.10 bits per heavy atom. The van der Waals surface area contributed by atoms with Crippen LogP contribution in [0.3, 0.4) is 0 Å². The average Bonchev–Trinajstić information content (AvgIpc) is 3.44. The first-order valence-electron chi connectivity index (χ1n) is 11.2. The molecule has 6 nitrogen and oxygen atoms in total. The van der Waals surface area contributed by atoms with E-state index in [1.165, 1.54) is 16.5 Å². The van der Waals surface area contributed by atoms with Gasteiger partial charge in [-0.2, -0.15) is 0 Å². The van der Waals surface area contributed by atoms with E-state index in [0.29, 0.717) is 18.9 Å². The number of carbonyl (C=O) groups excluding carboxylic acids is 1. The number of piperidine rings is 1. The second-order valence-corrected chi connectivity index (χ2v) is 9.24. The largest absolute Gasteiger partial charge is 0.379 e. The molecule has 4 heterocycles. The standard InChI is InChI=1S/C24H28N4O2S/c29-21-7-4-10-27(21)13-14-30-15-18-8-11-28(12-9-18)23-22-20(19-5-2-1-3-6-19)16-31-24(22)26-17-25-23/h1-3,5-6,16-18H,4,7-15H2. The van der Waals surface area contributed by atoms with Gasteiger partial charge in [0.1, 0.15) is 17.0 Å². The zero-order chi connectivity index (χ0) is 21.0. The highest BCUT2D eigenvalue weighted by molar-refractivity contribution is 7.17. The number of ether oxygens (including phenoxy) is 1. The predicted molar refractivity (Wildman–Crippen MR) is 124 cm³/mol. The zero-order valence-electron chi connectivity index (χ0n) is 17.7. The number of benzene rings is 1. The van der Waals surface area contributed by atoms with Crippen molar-refractivity contribution in [2.45, 2.75) is 25.7 Å². The second-order valence-electron chi connectivity index (χ2n) is 8.38. The van der Waals surface area contributed by atoms with Crippen molar-refractivity contribution in [2.75, 3.05) is 44.3 Å². The van der Waals surface area contributed by atoms with E-state index in [4.69, 9.17) is 9.72 Å². The number of thiophene rings is 1. The lowest BCUT2D eigenvalue weighted by molar-refractivity contribution is -0.128. The fourth-order valence-corrected chi connectivity index (χ4v) is 5.52. The van der Waals surface area contributed by atoms with Gasteiger partial charge in [0, 0.05) is 50.2 Å². The summed E-state index contributed by atoms with van der Waals surface area (Å²) in [5.74, 6) is 1.90. The molecule has 0 N–H and O–H groups in total. The summed E-state index contributed by atoms with van der Waals surface area (Å²) in [7, 11) is 0. The number of carbonyl (C=O) groups is 1. The fourth-order valence-electron chi connectivity index (χ4n) is 4.61. The van der Waals surface area contributed by atoms with Gasteiger partial charge in [0.2, 0.25) is 5.91 Å². The van der Waals surface area contributed by atoms with E-state index in [1.54, 1.807) is 17.7 Å². The Labute approximate surface area is 186 Å². The van der Waals surface area contributed by atoms with Crippen molar-refractivity contribution < 1.29 is 9.53 Å². The Bertz CT molecular complexity index is 1030. The van der Waals surface area contributed by atoms with Crippen molar-refractivity contribution >= 4 is 33.3 Å². The normalized spacial score (nSPS) is 17.7. The van der Waals surface area contributed by atoms with Crippen LogP contribution >= 0.6 is 11.3 Å². The van der Waals surface area contributed by atoms with Crippen molar-refractivity contribution in [2.24, 2.45) is 5.92 Å². The van der Waals surface area contributed by atoms with Crippen LogP contribution < -0.4 is 4.90 Å². The summed E-state index contributed by atoms with van der Waals surface area (Å²) in [6.45, 7) is 5.01. The maximum atomic E-state index is 11.7. The van der Waals surface area contributed by atoms with Crippen LogP contribution in [0.25, 0.3) is 21.3 Å². The third-order valence-corrected chi connectivity index (χ3v) is 7.27. The molecule has 2 aliphatic heterocycles. The van der Waals surface area contributed by atoms with Crippen molar-refractivity contribution in [1.82, 2.24) is 14.9 Å². The van der Waals surface area contributed by atoms with E-state index in [1.807, 2.05) is 11.0 Å². The fraction of sp³-hybridized carbons (Fsp3) is 0.458. The number of likely N-dealkylation sites (tertiary alicyclic amines) is 1. The first-order valence-corrected chi connectivity index (χ1v) is 12.1. The molecule has 5 rings (SSSR count). The van der Waals surface area contributed by atoms with Crippen molar-refractivity contribution in [3.63, 3.8) is 0 Å². The highest BCUT2D eigenvalue weighted by atomic mass is 32.1. The minimum atomic E-state index is 0.274. The van der Waals surface area contributed by atoms with Crippen LogP contribution in [-0.2, 0) is 9.53 Å². The average molecular weight is 437 g/mol. The molecule has 1 amide bonds. The maximum Gasteiger partial charge on any atom is 0.222 e. The zero-order valence-corrected chi connectivity index (χ0v) is 18.5. The number of rotatable bonds is 7. The number of amides is 1. The second kappa shape index (κ2) is 9.32.